The fourth-order valence-corrected chi connectivity index (χ4v) is 3.53. The monoisotopic (exact) mass is 285 g/mol. The third-order valence-electron chi connectivity index (χ3n) is 4.35. The standard InChI is InChI=1S/C18H23NO2/c1-12(2)11-19-16-10-5-4-7-13(16)14-8-6-9-15(17(14)19)18(20)21-3/h6,8-9,12H,4-5,7,10-11H2,1-3H3. The zero-order valence-electron chi connectivity index (χ0n) is 13.1. The zero-order chi connectivity index (χ0) is 15.0. The van der Waals surface area contributed by atoms with Crippen LogP contribution in [-0.2, 0) is 24.1 Å². The van der Waals surface area contributed by atoms with Gasteiger partial charge in [-0.3, -0.25) is 0 Å². The minimum absolute atomic E-state index is 0.236. The van der Waals surface area contributed by atoms with E-state index >= 15 is 0 Å². The van der Waals surface area contributed by atoms with Crippen LogP contribution < -0.4 is 0 Å². The maximum Gasteiger partial charge on any atom is 0.340 e. The van der Waals surface area contributed by atoms with Gasteiger partial charge in [-0.25, -0.2) is 4.79 Å². The Kier molecular flexibility index (Phi) is 3.75. The number of aromatic nitrogens is 1. The molecular formula is C18H23NO2. The van der Waals surface area contributed by atoms with Crippen molar-refractivity contribution in [2.45, 2.75) is 46.1 Å². The molecule has 0 spiro atoms. The summed E-state index contributed by atoms with van der Waals surface area (Å²) in [6.07, 6.45) is 4.74. The summed E-state index contributed by atoms with van der Waals surface area (Å²) in [5.74, 6) is 0.317. The predicted octanol–water partition coefficient (Wildman–Crippen LogP) is 3.96. The quantitative estimate of drug-likeness (QED) is 0.799. The van der Waals surface area contributed by atoms with Crippen LogP contribution in [0.4, 0.5) is 0 Å². The number of nitrogens with zero attached hydrogens (tertiary/aromatic N) is 1. The highest BCUT2D eigenvalue weighted by Gasteiger charge is 2.24. The van der Waals surface area contributed by atoms with Crippen LogP contribution in [0.2, 0.25) is 0 Å². The van der Waals surface area contributed by atoms with Crippen LogP contribution in [0.1, 0.15) is 48.3 Å². The lowest BCUT2D eigenvalue weighted by Crippen LogP contribution is -2.13. The Morgan fingerprint density at radius 3 is 2.76 bits per heavy atom. The minimum atomic E-state index is -0.236. The van der Waals surface area contributed by atoms with Gasteiger partial charge in [-0.1, -0.05) is 26.0 Å². The van der Waals surface area contributed by atoms with Crippen LogP contribution in [0.25, 0.3) is 10.9 Å². The van der Waals surface area contributed by atoms with E-state index in [0.717, 1.165) is 24.9 Å². The molecule has 0 unspecified atom stereocenters. The van der Waals surface area contributed by atoms with Crippen molar-refractivity contribution >= 4 is 16.9 Å². The van der Waals surface area contributed by atoms with E-state index in [0.29, 0.717) is 11.5 Å². The second-order valence-electron chi connectivity index (χ2n) is 6.33. The number of methoxy groups -OCH3 is 1. The van der Waals surface area contributed by atoms with Crippen molar-refractivity contribution in [3.63, 3.8) is 0 Å². The number of esters is 1. The first-order chi connectivity index (χ1) is 10.1. The Labute approximate surface area is 125 Å². The van der Waals surface area contributed by atoms with Crippen molar-refractivity contribution in [3.05, 3.63) is 35.0 Å². The Bertz CT molecular complexity index is 682. The molecule has 0 N–H and O–H groups in total. The molecule has 0 aliphatic heterocycles. The lowest BCUT2D eigenvalue weighted by Gasteiger charge is -2.17. The smallest absolute Gasteiger partial charge is 0.340 e. The van der Waals surface area contributed by atoms with Gasteiger partial charge in [0.25, 0.3) is 0 Å². The molecule has 1 aromatic carbocycles. The first-order valence-electron chi connectivity index (χ1n) is 7.84. The van der Waals surface area contributed by atoms with Crippen LogP contribution in [0.3, 0.4) is 0 Å². The summed E-state index contributed by atoms with van der Waals surface area (Å²) >= 11 is 0. The number of ether oxygens (including phenoxy) is 1. The van der Waals surface area contributed by atoms with Gasteiger partial charge in [0, 0.05) is 17.6 Å². The Balaban J connectivity index is 2.31. The Morgan fingerprint density at radius 1 is 1.29 bits per heavy atom. The SMILES string of the molecule is COC(=O)c1cccc2c3c(n(CC(C)C)c12)CCCC3. The molecule has 2 aromatic rings. The summed E-state index contributed by atoms with van der Waals surface area (Å²) in [6, 6.07) is 6.02. The van der Waals surface area contributed by atoms with Crippen molar-refractivity contribution in [3.8, 4) is 0 Å². The van der Waals surface area contributed by atoms with Gasteiger partial charge in [0.05, 0.1) is 18.2 Å². The van der Waals surface area contributed by atoms with E-state index in [1.165, 1.54) is 36.6 Å². The summed E-state index contributed by atoms with van der Waals surface area (Å²) in [5, 5.41) is 1.24. The fraction of sp³-hybridized carbons (Fsp3) is 0.500. The fourth-order valence-electron chi connectivity index (χ4n) is 3.53. The molecule has 3 nitrogen and oxygen atoms in total. The largest absolute Gasteiger partial charge is 0.465 e. The maximum atomic E-state index is 12.1. The van der Waals surface area contributed by atoms with Crippen molar-refractivity contribution in [2.24, 2.45) is 5.92 Å². The topological polar surface area (TPSA) is 31.2 Å². The number of para-hydroxylation sites is 1. The molecule has 1 aliphatic carbocycles. The maximum absolute atomic E-state index is 12.1. The molecule has 0 radical (unpaired) electrons. The predicted molar refractivity (Wildman–Crippen MR) is 84.8 cm³/mol. The van der Waals surface area contributed by atoms with Crippen LogP contribution >= 0.6 is 0 Å². The van der Waals surface area contributed by atoms with E-state index in [2.05, 4.69) is 24.5 Å². The van der Waals surface area contributed by atoms with Gasteiger partial charge in [0.1, 0.15) is 0 Å². The van der Waals surface area contributed by atoms with Crippen LogP contribution in [-0.4, -0.2) is 17.6 Å². The van der Waals surface area contributed by atoms with Crippen molar-refractivity contribution in [2.75, 3.05) is 7.11 Å². The summed E-state index contributed by atoms with van der Waals surface area (Å²) in [4.78, 5) is 12.1. The van der Waals surface area contributed by atoms with Crippen molar-refractivity contribution in [1.82, 2.24) is 4.57 Å². The number of aryl methyl sites for hydroxylation is 1. The molecule has 3 heteroatoms. The third-order valence-corrected chi connectivity index (χ3v) is 4.35. The first kappa shape index (κ1) is 14.2. The van der Waals surface area contributed by atoms with Gasteiger partial charge in [-0.2, -0.15) is 0 Å². The van der Waals surface area contributed by atoms with Crippen LogP contribution in [0.15, 0.2) is 18.2 Å². The molecule has 1 aliphatic rings. The highest BCUT2D eigenvalue weighted by atomic mass is 16.5. The molecule has 0 bridgehead atoms. The second kappa shape index (κ2) is 5.55. The average Bonchev–Trinajstić information content (AvgIpc) is 2.81. The molecule has 0 fully saturated rings. The number of benzene rings is 1. The number of carbonyl (C=O) groups excluding carboxylic acids is 1. The molecule has 0 amide bonds. The molecule has 0 saturated heterocycles. The van der Waals surface area contributed by atoms with Gasteiger partial charge in [-0.05, 0) is 43.2 Å². The lowest BCUT2D eigenvalue weighted by atomic mass is 9.95. The summed E-state index contributed by atoms with van der Waals surface area (Å²) < 4.78 is 7.36. The highest BCUT2D eigenvalue weighted by molar-refractivity contribution is 6.04. The lowest BCUT2D eigenvalue weighted by molar-refractivity contribution is 0.0602. The molecule has 21 heavy (non-hydrogen) atoms. The van der Waals surface area contributed by atoms with Crippen LogP contribution in [0, 0.1) is 5.92 Å². The third kappa shape index (κ3) is 2.35. The average molecular weight is 285 g/mol. The Morgan fingerprint density at radius 2 is 2.05 bits per heavy atom. The molecule has 3 rings (SSSR count). The zero-order valence-corrected chi connectivity index (χ0v) is 13.1. The molecule has 0 atom stereocenters. The summed E-state index contributed by atoms with van der Waals surface area (Å²) in [5.41, 5.74) is 4.65. The minimum Gasteiger partial charge on any atom is -0.465 e. The molecule has 1 heterocycles. The van der Waals surface area contributed by atoms with Crippen LogP contribution in [0.5, 0.6) is 0 Å². The van der Waals surface area contributed by atoms with Gasteiger partial charge in [-0.15, -0.1) is 0 Å². The summed E-state index contributed by atoms with van der Waals surface area (Å²) in [6.45, 7) is 5.41. The molecule has 112 valence electrons. The van der Waals surface area contributed by atoms with E-state index in [9.17, 15) is 4.79 Å². The number of hydrogen-bond donors (Lipinski definition) is 0. The van der Waals surface area contributed by atoms with E-state index < -0.39 is 0 Å². The molecule has 1 aromatic heterocycles. The summed E-state index contributed by atoms with van der Waals surface area (Å²) in [7, 11) is 1.46. The first-order valence-corrected chi connectivity index (χ1v) is 7.84. The molecule has 0 saturated carbocycles. The molecular weight excluding hydrogens is 262 g/mol. The number of fused-ring (bicyclic) bond motifs is 3. The van der Waals surface area contributed by atoms with E-state index in [-0.39, 0.29) is 5.97 Å². The van der Waals surface area contributed by atoms with Gasteiger partial charge >= 0.3 is 5.97 Å². The second-order valence-corrected chi connectivity index (χ2v) is 6.33. The Hall–Kier alpha value is -1.77. The van der Waals surface area contributed by atoms with E-state index in [1.807, 2.05) is 12.1 Å². The van der Waals surface area contributed by atoms with Crippen molar-refractivity contribution < 1.29 is 9.53 Å². The van der Waals surface area contributed by atoms with Gasteiger partial charge < -0.3 is 9.30 Å². The number of carbonyl (C=O) groups is 1. The normalized spacial score (nSPS) is 14.5. The number of rotatable bonds is 3. The van der Waals surface area contributed by atoms with Gasteiger partial charge in [0.2, 0.25) is 0 Å². The highest BCUT2D eigenvalue weighted by Crippen LogP contribution is 2.34. The van der Waals surface area contributed by atoms with Crippen molar-refractivity contribution in [1.29, 1.82) is 0 Å². The number of hydrogen-bond acceptors (Lipinski definition) is 2. The van der Waals surface area contributed by atoms with E-state index in [1.54, 1.807) is 0 Å². The van der Waals surface area contributed by atoms with Gasteiger partial charge in [0.15, 0.2) is 0 Å². The van der Waals surface area contributed by atoms with E-state index in [4.69, 9.17) is 4.74 Å².